The molecule has 0 aliphatic carbocycles. The second-order valence-electron chi connectivity index (χ2n) is 5.24. The van der Waals surface area contributed by atoms with Crippen molar-refractivity contribution in [3.05, 3.63) is 35.9 Å². The lowest BCUT2D eigenvalue weighted by molar-refractivity contribution is -0.153. The van der Waals surface area contributed by atoms with Gasteiger partial charge in [0.05, 0.1) is 0 Å². The summed E-state index contributed by atoms with van der Waals surface area (Å²) >= 11 is 0. The Morgan fingerprint density at radius 3 is 2.32 bits per heavy atom. The SMILES string of the molecule is CCN(Cc1ccccc1)C(=O)C(=O)N1CCN(C=O)CC1. The molecule has 1 fully saturated rings. The highest BCUT2D eigenvalue weighted by molar-refractivity contribution is 6.34. The lowest BCUT2D eigenvalue weighted by atomic mass is 10.2. The van der Waals surface area contributed by atoms with E-state index in [1.165, 1.54) is 4.90 Å². The highest BCUT2D eigenvalue weighted by Crippen LogP contribution is 2.07. The number of amides is 3. The van der Waals surface area contributed by atoms with Crippen LogP contribution in [0, 0.1) is 0 Å². The molecule has 1 aromatic rings. The van der Waals surface area contributed by atoms with Gasteiger partial charge in [0.15, 0.2) is 0 Å². The first kappa shape index (κ1) is 16.0. The van der Waals surface area contributed by atoms with Crippen molar-refractivity contribution in [2.75, 3.05) is 32.7 Å². The maximum Gasteiger partial charge on any atom is 0.312 e. The Morgan fingerprint density at radius 2 is 1.77 bits per heavy atom. The van der Waals surface area contributed by atoms with E-state index in [0.29, 0.717) is 39.3 Å². The van der Waals surface area contributed by atoms with Crippen molar-refractivity contribution in [3.8, 4) is 0 Å². The van der Waals surface area contributed by atoms with E-state index in [-0.39, 0.29) is 0 Å². The fourth-order valence-corrected chi connectivity index (χ4v) is 2.43. The summed E-state index contributed by atoms with van der Waals surface area (Å²) < 4.78 is 0. The first-order chi connectivity index (χ1) is 10.7. The van der Waals surface area contributed by atoms with Crippen LogP contribution in [0.4, 0.5) is 0 Å². The van der Waals surface area contributed by atoms with Gasteiger partial charge in [0.1, 0.15) is 0 Å². The van der Waals surface area contributed by atoms with Crippen LogP contribution in [0.3, 0.4) is 0 Å². The van der Waals surface area contributed by atoms with Gasteiger partial charge in [0.25, 0.3) is 0 Å². The van der Waals surface area contributed by atoms with Gasteiger partial charge in [-0.1, -0.05) is 30.3 Å². The van der Waals surface area contributed by atoms with E-state index in [1.807, 2.05) is 37.3 Å². The van der Waals surface area contributed by atoms with Crippen LogP contribution in [0.15, 0.2) is 30.3 Å². The number of nitrogens with zero attached hydrogens (tertiary/aromatic N) is 3. The molecule has 22 heavy (non-hydrogen) atoms. The number of carbonyl (C=O) groups excluding carboxylic acids is 3. The zero-order chi connectivity index (χ0) is 15.9. The minimum absolute atomic E-state index is 0.409. The van der Waals surface area contributed by atoms with Crippen LogP contribution >= 0.6 is 0 Å². The Hall–Kier alpha value is -2.37. The molecule has 1 aromatic carbocycles. The van der Waals surface area contributed by atoms with Crippen molar-refractivity contribution >= 4 is 18.2 Å². The van der Waals surface area contributed by atoms with Gasteiger partial charge in [-0.15, -0.1) is 0 Å². The summed E-state index contributed by atoms with van der Waals surface area (Å²) in [5, 5.41) is 0. The fraction of sp³-hybridized carbons (Fsp3) is 0.438. The molecule has 1 heterocycles. The smallest absolute Gasteiger partial charge is 0.312 e. The number of hydrogen-bond donors (Lipinski definition) is 0. The van der Waals surface area contributed by atoms with Gasteiger partial charge in [-0.2, -0.15) is 0 Å². The zero-order valence-electron chi connectivity index (χ0n) is 12.8. The Bertz CT molecular complexity index is 525. The number of rotatable bonds is 4. The molecule has 0 radical (unpaired) electrons. The molecule has 3 amide bonds. The summed E-state index contributed by atoms with van der Waals surface area (Å²) in [6.07, 6.45) is 0.775. The van der Waals surface area contributed by atoms with E-state index in [9.17, 15) is 14.4 Å². The molecular weight excluding hydrogens is 282 g/mol. The van der Waals surface area contributed by atoms with Gasteiger partial charge in [-0.3, -0.25) is 14.4 Å². The lowest BCUT2D eigenvalue weighted by Gasteiger charge is -2.33. The lowest BCUT2D eigenvalue weighted by Crippen LogP contribution is -2.52. The molecule has 1 aliphatic rings. The third kappa shape index (κ3) is 3.84. The van der Waals surface area contributed by atoms with Crippen LogP contribution in [-0.4, -0.2) is 65.6 Å². The highest BCUT2D eigenvalue weighted by atomic mass is 16.2. The summed E-state index contributed by atoms with van der Waals surface area (Å²) in [6, 6.07) is 9.61. The van der Waals surface area contributed by atoms with Crippen LogP contribution in [-0.2, 0) is 20.9 Å². The maximum atomic E-state index is 12.4. The monoisotopic (exact) mass is 303 g/mol. The topological polar surface area (TPSA) is 60.9 Å². The average Bonchev–Trinajstić information content (AvgIpc) is 2.59. The summed E-state index contributed by atoms with van der Waals surface area (Å²) in [5.41, 5.74) is 0.997. The van der Waals surface area contributed by atoms with Crippen molar-refractivity contribution in [2.24, 2.45) is 0 Å². The van der Waals surface area contributed by atoms with Gasteiger partial charge in [-0.05, 0) is 12.5 Å². The maximum absolute atomic E-state index is 12.4. The third-order valence-electron chi connectivity index (χ3n) is 3.82. The van der Waals surface area contributed by atoms with Crippen LogP contribution in [0.2, 0.25) is 0 Å². The first-order valence-corrected chi connectivity index (χ1v) is 7.47. The minimum atomic E-state index is -0.483. The molecule has 6 heteroatoms. The third-order valence-corrected chi connectivity index (χ3v) is 3.82. The van der Waals surface area contributed by atoms with Crippen LogP contribution in [0.1, 0.15) is 12.5 Å². The highest BCUT2D eigenvalue weighted by Gasteiger charge is 2.28. The van der Waals surface area contributed by atoms with Crippen molar-refractivity contribution in [2.45, 2.75) is 13.5 Å². The Morgan fingerprint density at radius 1 is 1.14 bits per heavy atom. The van der Waals surface area contributed by atoms with Crippen molar-refractivity contribution in [1.82, 2.24) is 14.7 Å². The standard InChI is InChI=1S/C16H21N3O3/c1-2-18(12-14-6-4-3-5-7-14)15(21)16(22)19-10-8-17(13-20)9-11-19/h3-7,13H,2,8-12H2,1H3. The van der Waals surface area contributed by atoms with Crippen molar-refractivity contribution in [1.29, 1.82) is 0 Å². The molecular formula is C16H21N3O3. The Kier molecular flexibility index (Phi) is 5.52. The number of carbonyl (C=O) groups is 3. The molecule has 0 aromatic heterocycles. The molecule has 0 atom stereocenters. The normalized spacial score (nSPS) is 14.6. The molecule has 0 bridgehead atoms. The quantitative estimate of drug-likeness (QED) is 0.595. The predicted molar refractivity (Wildman–Crippen MR) is 81.8 cm³/mol. The number of benzene rings is 1. The van der Waals surface area contributed by atoms with Gasteiger partial charge in [0, 0.05) is 39.3 Å². The molecule has 0 N–H and O–H groups in total. The largest absolute Gasteiger partial charge is 0.342 e. The van der Waals surface area contributed by atoms with E-state index in [1.54, 1.807) is 9.80 Å². The van der Waals surface area contributed by atoms with Crippen molar-refractivity contribution < 1.29 is 14.4 Å². The molecule has 0 unspecified atom stereocenters. The van der Waals surface area contributed by atoms with Gasteiger partial charge >= 0.3 is 11.8 Å². The summed E-state index contributed by atoms with van der Waals surface area (Å²) in [5.74, 6) is -0.964. The van der Waals surface area contributed by atoms with E-state index in [2.05, 4.69) is 0 Å². The van der Waals surface area contributed by atoms with Gasteiger partial charge in [-0.25, -0.2) is 0 Å². The number of hydrogen-bond acceptors (Lipinski definition) is 3. The van der Waals surface area contributed by atoms with Crippen LogP contribution in [0.25, 0.3) is 0 Å². The molecule has 6 nitrogen and oxygen atoms in total. The molecule has 1 aliphatic heterocycles. The molecule has 1 saturated heterocycles. The van der Waals surface area contributed by atoms with E-state index < -0.39 is 11.8 Å². The molecule has 0 saturated carbocycles. The average molecular weight is 303 g/mol. The van der Waals surface area contributed by atoms with E-state index >= 15 is 0 Å². The summed E-state index contributed by atoms with van der Waals surface area (Å²) in [6.45, 7) is 4.54. The fourth-order valence-electron chi connectivity index (χ4n) is 2.43. The summed E-state index contributed by atoms with van der Waals surface area (Å²) in [7, 11) is 0. The van der Waals surface area contributed by atoms with Gasteiger partial charge in [0.2, 0.25) is 6.41 Å². The Balaban J connectivity index is 1.96. The minimum Gasteiger partial charge on any atom is -0.342 e. The first-order valence-electron chi connectivity index (χ1n) is 7.47. The number of likely N-dealkylation sites (N-methyl/N-ethyl adjacent to an activating group) is 1. The van der Waals surface area contributed by atoms with E-state index in [4.69, 9.17) is 0 Å². The predicted octanol–water partition coefficient (Wildman–Crippen LogP) is 0.336. The zero-order valence-corrected chi connectivity index (χ0v) is 12.8. The van der Waals surface area contributed by atoms with Crippen molar-refractivity contribution in [3.63, 3.8) is 0 Å². The Labute approximate surface area is 130 Å². The second-order valence-corrected chi connectivity index (χ2v) is 5.24. The van der Waals surface area contributed by atoms with E-state index in [0.717, 1.165) is 12.0 Å². The number of piperazine rings is 1. The second kappa shape index (κ2) is 7.59. The molecule has 118 valence electrons. The van der Waals surface area contributed by atoms with Gasteiger partial charge < -0.3 is 14.7 Å². The molecule has 0 spiro atoms. The molecule has 2 rings (SSSR count). The van der Waals surface area contributed by atoms with Crippen LogP contribution in [0.5, 0.6) is 0 Å². The summed E-state index contributed by atoms with van der Waals surface area (Å²) in [4.78, 5) is 40.0. The van der Waals surface area contributed by atoms with Crippen LogP contribution < -0.4 is 0 Å².